The summed E-state index contributed by atoms with van der Waals surface area (Å²) in [7, 11) is 0. The second kappa shape index (κ2) is 10.2. The van der Waals surface area contributed by atoms with E-state index in [1.165, 1.54) is 4.88 Å². The van der Waals surface area contributed by atoms with E-state index in [9.17, 15) is 4.79 Å². The Morgan fingerprint density at radius 2 is 2.10 bits per heavy atom. The summed E-state index contributed by atoms with van der Waals surface area (Å²) in [5.74, 6) is 1.72. The fraction of sp³-hybridized carbons (Fsp3) is 0.591. The van der Waals surface area contributed by atoms with Crippen molar-refractivity contribution >= 4 is 28.2 Å². The Bertz CT molecular complexity index is 798. The zero-order valence-corrected chi connectivity index (χ0v) is 18.5. The Balaban J connectivity index is 1.57. The fourth-order valence-corrected chi connectivity index (χ4v) is 4.75. The Morgan fingerprint density at radius 3 is 2.79 bits per heavy atom. The molecule has 0 aliphatic carbocycles. The summed E-state index contributed by atoms with van der Waals surface area (Å²) in [5.41, 5.74) is 7.17. The molecule has 0 saturated carbocycles. The highest BCUT2D eigenvalue weighted by Gasteiger charge is 2.28. The van der Waals surface area contributed by atoms with Crippen LogP contribution in [0.5, 0.6) is 0 Å². The maximum absolute atomic E-state index is 12.6. The van der Waals surface area contributed by atoms with E-state index in [-0.39, 0.29) is 11.9 Å². The highest BCUT2D eigenvalue weighted by Crippen LogP contribution is 2.29. The molecule has 2 aromatic heterocycles. The van der Waals surface area contributed by atoms with Gasteiger partial charge in [-0.2, -0.15) is 0 Å². The molecule has 1 atom stereocenters. The molecule has 0 spiro atoms. The first-order valence-electron chi connectivity index (χ1n) is 10.7. The van der Waals surface area contributed by atoms with Crippen LogP contribution in [0.2, 0.25) is 0 Å². The molecule has 7 heteroatoms. The minimum Gasteiger partial charge on any atom is -0.341 e. The number of hydrogen-bond acceptors (Lipinski definition) is 6. The van der Waals surface area contributed by atoms with Gasteiger partial charge in [-0.3, -0.25) is 4.79 Å². The van der Waals surface area contributed by atoms with Crippen molar-refractivity contribution in [1.29, 1.82) is 0 Å². The van der Waals surface area contributed by atoms with E-state index >= 15 is 0 Å². The number of rotatable bonds is 8. The van der Waals surface area contributed by atoms with Crippen molar-refractivity contribution in [3.05, 3.63) is 35.0 Å². The normalized spacial score (nSPS) is 16.2. The van der Waals surface area contributed by atoms with Gasteiger partial charge < -0.3 is 16.0 Å². The average Bonchev–Trinajstić information content (AvgIpc) is 3.14. The number of anilines is 2. The van der Waals surface area contributed by atoms with E-state index in [0.29, 0.717) is 11.8 Å². The summed E-state index contributed by atoms with van der Waals surface area (Å²) in [5, 5.41) is 4.22. The number of nitrogens with two attached hydrogens (primary N) is 1. The summed E-state index contributed by atoms with van der Waals surface area (Å²) < 4.78 is 0. The molecule has 1 fully saturated rings. The molecule has 3 rings (SSSR count). The molecule has 0 aromatic carbocycles. The molecule has 0 radical (unpaired) electrons. The molecule has 6 nitrogen and oxygen atoms in total. The minimum absolute atomic E-state index is 0.0900. The third-order valence-electron chi connectivity index (χ3n) is 5.32. The maximum Gasteiger partial charge on any atom is 0.239 e. The van der Waals surface area contributed by atoms with Gasteiger partial charge in [0.15, 0.2) is 5.13 Å². The fourth-order valence-electron chi connectivity index (χ4n) is 3.82. The number of piperidine rings is 1. The monoisotopic (exact) mass is 415 g/mol. The van der Waals surface area contributed by atoms with Gasteiger partial charge in [0, 0.05) is 35.8 Å². The molecule has 29 heavy (non-hydrogen) atoms. The number of carbonyl (C=O) groups is 1. The van der Waals surface area contributed by atoms with E-state index in [4.69, 9.17) is 10.7 Å². The lowest BCUT2D eigenvalue weighted by atomic mass is 9.92. The van der Waals surface area contributed by atoms with Crippen LogP contribution in [0.15, 0.2) is 24.4 Å². The van der Waals surface area contributed by atoms with E-state index in [1.807, 2.05) is 23.2 Å². The smallest absolute Gasteiger partial charge is 0.239 e. The molecule has 1 aliphatic heterocycles. The number of amides is 1. The molecular formula is C22H33N5OS. The number of hydrogen-bond donors (Lipinski definition) is 2. The molecule has 0 unspecified atom stereocenters. The largest absolute Gasteiger partial charge is 0.341 e. The summed E-state index contributed by atoms with van der Waals surface area (Å²) in [6, 6.07) is 5.73. The van der Waals surface area contributed by atoms with Crippen LogP contribution in [0.1, 0.15) is 62.9 Å². The standard InChI is InChI=1S/C22H33N5OS/c1-4-6-17-14-24-22(29-17)26-20-8-5-7-19(25-20)16-9-11-27(12-10-16)21(28)18(23)13-15(2)3/h5,7-8,14-16,18H,4,6,9-13,23H2,1-3H3,(H,24,25,26)/t18-/m0/s1. The number of pyridine rings is 1. The van der Waals surface area contributed by atoms with Crippen LogP contribution < -0.4 is 11.1 Å². The van der Waals surface area contributed by atoms with Gasteiger partial charge in [-0.15, -0.1) is 11.3 Å². The lowest BCUT2D eigenvalue weighted by Crippen LogP contribution is -2.47. The first-order chi connectivity index (χ1) is 14.0. The Kier molecular flexibility index (Phi) is 7.61. The second-order valence-electron chi connectivity index (χ2n) is 8.29. The third kappa shape index (κ3) is 6.00. The number of carbonyl (C=O) groups excluding carboxylic acids is 1. The number of nitrogens with one attached hydrogen (secondary N) is 1. The maximum atomic E-state index is 12.6. The van der Waals surface area contributed by atoms with Crippen molar-refractivity contribution in [2.24, 2.45) is 11.7 Å². The van der Waals surface area contributed by atoms with Crippen molar-refractivity contribution in [3.63, 3.8) is 0 Å². The first-order valence-corrected chi connectivity index (χ1v) is 11.5. The molecular weight excluding hydrogens is 382 g/mol. The zero-order valence-electron chi connectivity index (χ0n) is 17.7. The van der Waals surface area contributed by atoms with Gasteiger partial charge >= 0.3 is 0 Å². The molecule has 1 aliphatic rings. The quantitative estimate of drug-likeness (QED) is 0.671. The van der Waals surface area contributed by atoms with E-state index < -0.39 is 0 Å². The van der Waals surface area contributed by atoms with Gasteiger partial charge in [0.2, 0.25) is 5.91 Å². The summed E-state index contributed by atoms with van der Waals surface area (Å²) in [6.07, 6.45) is 6.72. The highest BCUT2D eigenvalue weighted by atomic mass is 32.1. The Morgan fingerprint density at radius 1 is 1.34 bits per heavy atom. The minimum atomic E-state index is -0.381. The molecule has 3 heterocycles. The lowest BCUT2D eigenvalue weighted by Gasteiger charge is -2.33. The molecule has 0 bridgehead atoms. The van der Waals surface area contributed by atoms with Crippen LogP contribution in [0.3, 0.4) is 0 Å². The van der Waals surface area contributed by atoms with Gasteiger partial charge in [0.05, 0.1) is 6.04 Å². The number of thiazole rings is 1. The van der Waals surface area contributed by atoms with Crippen LogP contribution in [-0.2, 0) is 11.2 Å². The van der Waals surface area contributed by atoms with Gasteiger partial charge in [-0.1, -0.05) is 33.3 Å². The molecule has 1 saturated heterocycles. The number of likely N-dealkylation sites (tertiary alicyclic amines) is 1. The molecule has 1 amide bonds. The SMILES string of the molecule is CCCc1cnc(Nc2cccc(C3CCN(C(=O)[C@@H](N)CC(C)C)CC3)n2)s1. The number of aryl methyl sites for hydroxylation is 1. The zero-order chi connectivity index (χ0) is 20.8. The Labute approximate surface area is 177 Å². The van der Waals surface area contributed by atoms with Crippen molar-refractivity contribution in [2.75, 3.05) is 18.4 Å². The van der Waals surface area contributed by atoms with Crippen molar-refractivity contribution in [1.82, 2.24) is 14.9 Å². The summed E-state index contributed by atoms with van der Waals surface area (Å²) in [6.45, 7) is 7.88. The molecule has 2 aromatic rings. The van der Waals surface area contributed by atoms with Crippen molar-refractivity contribution < 1.29 is 4.79 Å². The van der Waals surface area contributed by atoms with E-state index in [2.05, 4.69) is 37.1 Å². The molecule has 3 N–H and O–H groups in total. The number of nitrogens with zero attached hydrogens (tertiary/aromatic N) is 3. The number of aromatic nitrogens is 2. The van der Waals surface area contributed by atoms with Crippen LogP contribution in [0.25, 0.3) is 0 Å². The predicted octanol–water partition coefficient (Wildman–Crippen LogP) is 4.31. The van der Waals surface area contributed by atoms with Crippen molar-refractivity contribution in [2.45, 2.75) is 64.8 Å². The molecule has 158 valence electrons. The topological polar surface area (TPSA) is 84.1 Å². The predicted molar refractivity (Wildman–Crippen MR) is 120 cm³/mol. The third-order valence-corrected chi connectivity index (χ3v) is 6.30. The van der Waals surface area contributed by atoms with E-state index in [0.717, 1.165) is 61.8 Å². The highest BCUT2D eigenvalue weighted by molar-refractivity contribution is 7.15. The van der Waals surface area contributed by atoms with Crippen molar-refractivity contribution in [3.8, 4) is 0 Å². The van der Waals surface area contributed by atoms with Crippen LogP contribution in [-0.4, -0.2) is 39.9 Å². The van der Waals surface area contributed by atoms with Crippen LogP contribution in [0, 0.1) is 5.92 Å². The van der Waals surface area contributed by atoms with Crippen LogP contribution in [0.4, 0.5) is 10.9 Å². The second-order valence-corrected chi connectivity index (χ2v) is 9.41. The summed E-state index contributed by atoms with van der Waals surface area (Å²) in [4.78, 5) is 25.0. The van der Waals surface area contributed by atoms with Gasteiger partial charge in [0.25, 0.3) is 0 Å². The van der Waals surface area contributed by atoms with E-state index in [1.54, 1.807) is 11.3 Å². The van der Waals surface area contributed by atoms with Gasteiger partial charge in [-0.25, -0.2) is 9.97 Å². The lowest BCUT2D eigenvalue weighted by molar-refractivity contribution is -0.134. The summed E-state index contributed by atoms with van der Waals surface area (Å²) >= 11 is 1.69. The van der Waals surface area contributed by atoms with Gasteiger partial charge in [-0.05, 0) is 43.7 Å². The average molecular weight is 416 g/mol. The Hall–Kier alpha value is -1.99. The first kappa shape index (κ1) is 21.7. The van der Waals surface area contributed by atoms with Crippen LogP contribution >= 0.6 is 11.3 Å². The van der Waals surface area contributed by atoms with Gasteiger partial charge in [0.1, 0.15) is 5.82 Å².